The van der Waals surface area contributed by atoms with Gasteiger partial charge in [0.2, 0.25) is 5.95 Å². The number of rotatable bonds is 5. The van der Waals surface area contributed by atoms with Gasteiger partial charge in [-0.3, -0.25) is 4.79 Å². The fourth-order valence-corrected chi connectivity index (χ4v) is 1.21. The van der Waals surface area contributed by atoms with Crippen molar-refractivity contribution in [3.8, 4) is 0 Å². The van der Waals surface area contributed by atoms with E-state index in [0.717, 1.165) is 6.54 Å². The summed E-state index contributed by atoms with van der Waals surface area (Å²) < 4.78 is 0. The fraction of sp³-hybridized carbons (Fsp3) is 0.333. The summed E-state index contributed by atoms with van der Waals surface area (Å²) in [6.45, 7) is 2.86. The van der Waals surface area contributed by atoms with Gasteiger partial charge in [-0.15, -0.1) is 10.2 Å². The Kier molecular flexibility index (Phi) is 3.74. The number of nitrogens with zero attached hydrogens (tertiary/aromatic N) is 5. The van der Waals surface area contributed by atoms with E-state index in [2.05, 4.69) is 41.2 Å². The summed E-state index contributed by atoms with van der Waals surface area (Å²) in [6.07, 6.45) is 2.91. The average Bonchev–Trinajstić information content (AvgIpc) is 2.90. The quantitative estimate of drug-likeness (QED) is 0.642. The summed E-state index contributed by atoms with van der Waals surface area (Å²) >= 11 is 0. The summed E-state index contributed by atoms with van der Waals surface area (Å²) in [5, 5.41) is 18.7. The second kappa shape index (κ2) is 5.66. The van der Waals surface area contributed by atoms with Gasteiger partial charge in [-0.2, -0.15) is 5.21 Å². The Morgan fingerprint density at radius 1 is 1.39 bits per heavy atom. The Labute approximate surface area is 102 Å². The lowest BCUT2D eigenvalue weighted by Gasteiger charge is -2.03. The van der Waals surface area contributed by atoms with E-state index in [-0.39, 0.29) is 12.5 Å². The van der Waals surface area contributed by atoms with Gasteiger partial charge in [-0.25, -0.2) is 9.97 Å². The normalized spacial score (nSPS) is 10.1. The lowest BCUT2D eigenvalue weighted by Crippen LogP contribution is -2.24. The van der Waals surface area contributed by atoms with Crippen molar-refractivity contribution in [2.75, 3.05) is 11.9 Å². The zero-order valence-corrected chi connectivity index (χ0v) is 9.71. The molecule has 0 spiro atoms. The van der Waals surface area contributed by atoms with Crippen LogP contribution in [0.1, 0.15) is 23.1 Å². The maximum Gasteiger partial charge on any atom is 0.254 e. The van der Waals surface area contributed by atoms with Crippen LogP contribution in [0.25, 0.3) is 0 Å². The van der Waals surface area contributed by atoms with Crippen molar-refractivity contribution < 1.29 is 4.79 Å². The third kappa shape index (κ3) is 2.97. The lowest BCUT2D eigenvalue weighted by molar-refractivity contribution is 0.0949. The molecule has 94 valence electrons. The molecule has 0 saturated carbocycles. The van der Waals surface area contributed by atoms with Crippen LogP contribution in [0.4, 0.5) is 5.95 Å². The standard InChI is InChI=1S/C9H12N8O/c1-2-10-9-12-3-6(4-13-9)8(18)11-5-7-14-16-17-15-7/h3-4H,2,5H2,1H3,(H,11,18)(H,10,12,13)(H,14,15,16,17). The van der Waals surface area contributed by atoms with Crippen LogP contribution >= 0.6 is 0 Å². The van der Waals surface area contributed by atoms with Crippen LogP contribution in [0.3, 0.4) is 0 Å². The van der Waals surface area contributed by atoms with Crippen LogP contribution in [0.5, 0.6) is 0 Å². The zero-order valence-electron chi connectivity index (χ0n) is 9.71. The smallest absolute Gasteiger partial charge is 0.254 e. The number of aromatic amines is 1. The molecule has 2 aromatic heterocycles. The molecule has 9 heteroatoms. The minimum absolute atomic E-state index is 0.199. The summed E-state index contributed by atoms with van der Waals surface area (Å²) in [5.74, 6) is 0.614. The molecule has 18 heavy (non-hydrogen) atoms. The van der Waals surface area contributed by atoms with Crippen LogP contribution in [-0.4, -0.2) is 43.0 Å². The number of hydrogen-bond acceptors (Lipinski definition) is 7. The van der Waals surface area contributed by atoms with Gasteiger partial charge in [0.05, 0.1) is 12.1 Å². The van der Waals surface area contributed by atoms with Gasteiger partial charge in [0, 0.05) is 18.9 Å². The van der Waals surface area contributed by atoms with Gasteiger partial charge < -0.3 is 10.6 Å². The number of amides is 1. The Bertz CT molecular complexity index is 494. The maximum absolute atomic E-state index is 11.7. The fourth-order valence-electron chi connectivity index (χ4n) is 1.21. The van der Waals surface area contributed by atoms with E-state index >= 15 is 0 Å². The molecule has 0 radical (unpaired) electrons. The number of carbonyl (C=O) groups excluding carboxylic acids is 1. The molecule has 0 unspecified atom stereocenters. The van der Waals surface area contributed by atoms with Crippen LogP contribution < -0.4 is 10.6 Å². The average molecular weight is 248 g/mol. The molecule has 3 N–H and O–H groups in total. The first-order chi connectivity index (χ1) is 8.79. The molecule has 0 aromatic carbocycles. The van der Waals surface area contributed by atoms with Crippen LogP contribution in [0.2, 0.25) is 0 Å². The van der Waals surface area contributed by atoms with E-state index in [9.17, 15) is 4.79 Å². The van der Waals surface area contributed by atoms with Crippen LogP contribution in [-0.2, 0) is 6.54 Å². The number of nitrogens with one attached hydrogen (secondary N) is 3. The van der Waals surface area contributed by atoms with Crippen molar-refractivity contribution >= 4 is 11.9 Å². The SMILES string of the molecule is CCNc1ncc(C(=O)NCc2nn[nH]n2)cn1. The third-order valence-corrected chi connectivity index (χ3v) is 2.05. The molecule has 0 aliphatic carbocycles. The third-order valence-electron chi connectivity index (χ3n) is 2.05. The Morgan fingerprint density at radius 3 is 2.78 bits per heavy atom. The number of H-pyrrole nitrogens is 1. The van der Waals surface area contributed by atoms with Crippen molar-refractivity contribution in [2.45, 2.75) is 13.5 Å². The predicted molar refractivity (Wildman–Crippen MR) is 61.5 cm³/mol. The Hall–Kier alpha value is -2.58. The molecule has 0 saturated heterocycles. The molecule has 9 nitrogen and oxygen atoms in total. The second-order valence-corrected chi connectivity index (χ2v) is 3.34. The van der Waals surface area contributed by atoms with E-state index in [1.807, 2.05) is 6.92 Å². The minimum atomic E-state index is -0.289. The number of anilines is 1. The highest BCUT2D eigenvalue weighted by molar-refractivity contribution is 5.93. The molecular formula is C9H12N8O. The second-order valence-electron chi connectivity index (χ2n) is 3.34. The van der Waals surface area contributed by atoms with Gasteiger partial charge in [0.25, 0.3) is 5.91 Å². The first-order valence-electron chi connectivity index (χ1n) is 5.36. The molecule has 2 heterocycles. The number of hydrogen-bond donors (Lipinski definition) is 3. The van der Waals surface area contributed by atoms with Gasteiger partial charge in [-0.1, -0.05) is 5.21 Å². The van der Waals surface area contributed by atoms with E-state index in [1.165, 1.54) is 12.4 Å². The first kappa shape index (κ1) is 11.9. The van der Waals surface area contributed by atoms with E-state index in [0.29, 0.717) is 17.3 Å². The summed E-state index contributed by atoms with van der Waals surface area (Å²) in [7, 11) is 0. The Balaban J connectivity index is 1.92. The monoisotopic (exact) mass is 248 g/mol. The first-order valence-corrected chi connectivity index (χ1v) is 5.36. The van der Waals surface area contributed by atoms with Crippen molar-refractivity contribution in [1.82, 2.24) is 35.9 Å². The zero-order chi connectivity index (χ0) is 12.8. The molecular weight excluding hydrogens is 236 g/mol. The van der Waals surface area contributed by atoms with Gasteiger partial charge in [0.1, 0.15) is 0 Å². The van der Waals surface area contributed by atoms with Crippen LogP contribution in [0.15, 0.2) is 12.4 Å². The molecule has 2 aromatic rings. The molecule has 1 amide bonds. The minimum Gasteiger partial charge on any atom is -0.355 e. The highest BCUT2D eigenvalue weighted by atomic mass is 16.1. The molecule has 0 aliphatic rings. The highest BCUT2D eigenvalue weighted by Crippen LogP contribution is 2.00. The van der Waals surface area contributed by atoms with Crippen LogP contribution in [0, 0.1) is 0 Å². The molecule has 2 rings (SSSR count). The lowest BCUT2D eigenvalue weighted by atomic mass is 10.3. The molecule has 0 fully saturated rings. The highest BCUT2D eigenvalue weighted by Gasteiger charge is 2.08. The van der Waals surface area contributed by atoms with Gasteiger partial charge in [0.15, 0.2) is 5.82 Å². The molecule has 0 aliphatic heterocycles. The van der Waals surface area contributed by atoms with Crippen molar-refractivity contribution in [1.29, 1.82) is 0 Å². The summed E-state index contributed by atoms with van der Waals surface area (Å²) in [5.41, 5.74) is 0.375. The predicted octanol–water partition coefficient (Wildman–Crippen LogP) is -0.648. The van der Waals surface area contributed by atoms with Gasteiger partial charge >= 0.3 is 0 Å². The maximum atomic E-state index is 11.7. The Morgan fingerprint density at radius 2 is 2.17 bits per heavy atom. The molecule has 0 bridgehead atoms. The largest absolute Gasteiger partial charge is 0.355 e. The summed E-state index contributed by atoms with van der Waals surface area (Å²) in [4.78, 5) is 19.7. The number of tetrazole rings is 1. The topological polar surface area (TPSA) is 121 Å². The van der Waals surface area contributed by atoms with E-state index in [1.54, 1.807) is 0 Å². The number of carbonyl (C=O) groups is 1. The number of aromatic nitrogens is 6. The van der Waals surface area contributed by atoms with Crippen molar-refractivity contribution in [3.05, 3.63) is 23.8 Å². The van der Waals surface area contributed by atoms with Crippen molar-refractivity contribution in [3.63, 3.8) is 0 Å². The molecule has 0 atom stereocenters. The van der Waals surface area contributed by atoms with E-state index in [4.69, 9.17) is 0 Å². The summed E-state index contributed by atoms with van der Waals surface area (Å²) in [6, 6.07) is 0. The van der Waals surface area contributed by atoms with E-state index < -0.39 is 0 Å². The van der Waals surface area contributed by atoms with Crippen molar-refractivity contribution in [2.24, 2.45) is 0 Å². The van der Waals surface area contributed by atoms with Gasteiger partial charge in [-0.05, 0) is 6.92 Å².